The molecule has 2 fully saturated rings. The van der Waals surface area contributed by atoms with Crippen LogP contribution in [0.15, 0.2) is 24.3 Å². The van der Waals surface area contributed by atoms with Gasteiger partial charge < -0.3 is 15.1 Å². The SMILES string of the molecule is O=C(c1ccc([N+](=O)[O-])cc1)N1CCN(C(=O)C2CCNC2)CC1. The molecule has 2 aliphatic heterocycles. The Labute approximate surface area is 139 Å². The molecule has 8 heteroatoms. The molecule has 1 aromatic carbocycles. The van der Waals surface area contributed by atoms with Crippen LogP contribution in [0.2, 0.25) is 0 Å². The van der Waals surface area contributed by atoms with Crippen LogP contribution in [0.25, 0.3) is 0 Å². The van der Waals surface area contributed by atoms with Crippen molar-refractivity contribution < 1.29 is 14.5 Å². The van der Waals surface area contributed by atoms with Crippen molar-refractivity contribution in [1.82, 2.24) is 15.1 Å². The van der Waals surface area contributed by atoms with E-state index >= 15 is 0 Å². The topological polar surface area (TPSA) is 95.8 Å². The molecule has 2 saturated heterocycles. The number of rotatable bonds is 3. The zero-order valence-corrected chi connectivity index (χ0v) is 13.3. The summed E-state index contributed by atoms with van der Waals surface area (Å²) in [5.41, 5.74) is 0.396. The highest BCUT2D eigenvalue weighted by molar-refractivity contribution is 5.94. The lowest BCUT2D eigenvalue weighted by Gasteiger charge is -2.36. The minimum atomic E-state index is -0.490. The number of carbonyl (C=O) groups excluding carboxylic acids is 2. The Hall–Kier alpha value is -2.48. The molecule has 0 aromatic heterocycles. The van der Waals surface area contributed by atoms with Crippen LogP contribution >= 0.6 is 0 Å². The molecule has 1 aromatic rings. The lowest BCUT2D eigenvalue weighted by atomic mass is 10.1. The normalized spacial score (nSPS) is 20.9. The zero-order chi connectivity index (χ0) is 17.1. The van der Waals surface area contributed by atoms with E-state index in [1.807, 2.05) is 4.90 Å². The molecule has 3 rings (SSSR count). The van der Waals surface area contributed by atoms with E-state index < -0.39 is 4.92 Å². The van der Waals surface area contributed by atoms with Crippen LogP contribution in [0, 0.1) is 16.0 Å². The van der Waals surface area contributed by atoms with E-state index in [2.05, 4.69) is 5.32 Å². The average Bonchev–Trinajstić information content (AvgIpc) is 3.15. The Morgan fingerprint density at radius 1 is 1.08 bits per heavy atom. The summed E-state index contributed by atoms with van der Waals surface area (Å²) >= 11 is 0. The van der Waals surface area contributed by atoms with E-state index in [-0.39, 0.29) is 23.4 Å². The van der Waals surface area contributed by atoms with Crippen LogP contribution in [0.5, 0.6) is 0 Å². The van der Waals surface area contributed by atoms with Gasteiger partial charge in [-0.2, -0.15) is 0 Å². The third-order valence-electron chi connectivity index (χ3n) is 4.61. The number of nitrogens with one attached hydrogen (secondary N) is 1. The average molecular weight is 332 g/mol. The molecule has 1 atom stereocenters. The number of nitro benzene ring substituents is 1. The minimum absolute atomic E-state index is 0.0351. The lowest BCUT2D eigenvalue weighted by molar-refractivity contribution is -0.384. The van der Waals surface area contributed by atoms with Gasteiger partial charge in [0.15, 0.2) is 0 Å². The Bertz CT molecular complexity index is 632. The van der Waals surface area contributed by atoms with Gasteiger partial charge in [-0.25, -0.2) is 0 Å². The maximum Gasteiger partial charge on any atom is 0.269 e. The number of non-ortho nitro benzene ring substituents is 1. The van der Waals surface area contributed by atoms with Crippen LogP contribution in [0.3, 0.4) is 0 Å². The molecule has 0 saturated carbocycles. The molecule has 24 heavy (non-hydrogen) atoms. The van der Waals surface area contributed by atoms with Crippen LogP contribution in [-0.4, -0.2) is 65.8 Å². The van der Waals surface area contributed by atoms with E-state index in [1.54, 1.807) is 4.90 Å². The molecule has 2 heterocycles. The number of amides is 2. The van der Waals surface area contributed by atoms with Gasteiger partial charge in [-0.15, -0.1) is 0 Å². The first-order valence-corrected chi connectivity index (χ1v) is 8.09. The fourth-order valence-corrected chi connectivity index (χ4v) is 3.16. The number of nitrogens with zero attached hydrogens (tertiary/aromatic N) is 3. The number of hydrogen-bond donors (Lipinski definition) is 1. The van der Waals surface area contributed by atoms with E-state index in [0.29, 0.717) is 31.7 Å². The molecular formula is C16H20N4O4. The summed E-state index contributed by atoms with van der Waals surface area (Å²) in [6, 6.07) is 5.62. The quantitative estimate of drug-likeness (QED) is 0.642. The number of hydrogen-bond acceptors (Lipinski definition) is 5. The van der Waals surface area contributed by atoms with Crippen molar-refractivity contribution in [2.45, 2.75) is 6.42 Å². The smallest absolute Gasteiger partial charge is 0.269 e. The van der Waals surface area contributed by atoms with Gasteiger partial charge in [0.2, 0.25) is 5.91 Å². The summed E-state index contributed by atoms with van der Waals surface area (Å²) in [4.78, 5) is 38.5. The maximum atomic E-state index is 12.5. The lowest BCUT2D eigenvalue weighted by Crippen LogP contribution is -2.52. The molecule has 2 amide bonds. The molecular weight excluding hydrogens is 312 g/mol. The number of piperazine rings is 1. The van der Waals surface area contributed by atoms with Crippen LogP contribution in [0.1, 0.15) is 16.8 Å². The summed E-state index contributed by atoms with van der Waals surface area (Å²) in [5, 5.41) is 13.9. The van der Waals surface area contributed by atoms with Crippen LogP contribution in [-0.2, 0) is 4.79 Å². The summed E-state index contributed by atoms with van der Waals surface area (Å²) in [6.45, 7) is 3.67. The Morgan fingerprint density at radius 2 is 1.71 bits per heavy atom. The number of carbonyl (C=O) groups is 2. The first-order chi connectivity index (χ1) is 11.6. The summed E-state index contributed by atoms with van der Waals surface area (Å²) in [7, 11) is 0. The number of nitro groups is 1. The third-order valence-corrected chi connectivity index (χ3v) is 4.61. The molecule has 2 aliphatic rings. The summed E-state index contributed by atoms with van der Waals surface area (Å²) < 4.78 is 0. The monoisotopic (exact) mass is 332 g/mol. The van der Waals surface area contributed by atoms with Crippen molar-refractivity contribution >= 4 is 17.5 Å². The Morgan fingerprint density at radius 3 is 2.25 bits per heavy atom. The van der Waals surface area contributed by atoms with E-state index in [9.17, 15) is 19.7 Å². The van der Waals surface area contributed by atoms with Gasteiger partial charge >= 0.3 is 0 Å². The second-order valence-electron chi connectivity index (χ2n) is 6.11. The zero-order valence-electron chi connectivity index (χ0n) is 13.3. The molecule has 0 bridgehead atoms. The molecule has 0 spiro atoms. The Kier molecular flexibility index (Phi) is 4.75. The molecule has 0 radical (unpaired) electrons. The van der Waals surface area contributed by atoms with Gasteiger partial charge in [0.25, 0.3) is 11.6 Å². The molecule has 1 N–H and O–H groups in total. The fourth-order valence-electron chi connectivity index (χ4n) is 3.16. The maximum absolute atomic E-state index is 12.5. The molecule has 1 unspecified atom stereocenters. The van der Waals surface area contributed by atoms with Crippen molar-refractivity contribution in [2.75, 3.05) is 39.3 Å². The van der Waals surface area contributed by atoms with Gasteiger partial charge in [-0.3, -0.25) is 19.7 Å². The van der Waals surface area contributed by atoms with Gasteiger partial charge in [0, 0.05) is 50.4 Å². The standard InChI is InChI=1S/C16H20N4O4/c21-15(12-1-3-14(4-2-12)20(23)24)18-7-9-19(10-8-18)16(22)13-5-6-17-11-13/h1-4,13,17H,5-11H2. The predicted molar refractivity (Wildman–Crippen MR) is 86.6 cm³/mol. The van der Waals surface area contributed by atoms with Gasteiger partial charge in [-0.05, 0) is 25.1 Å². The first kappa shape index (κ1) is 16.4. The highest BCUT2D eigenvalue weighted by Crippen LogP contribution is 2.17. The predicted octanol–water partition coefficient (Wildman–Crippen LogP) is 0.489. The summed E-state index contributed by atoms with van der Waals surface area (Å²) in [6.07, 6.45) is 0.876. The highest BCUT2D eigenvalue weighted by atomic mass is 16.6. The molecule has 8 nitrogen and oxygen atoms in total. The second-order valence-corrected chi connectivity index (χ2v) is 6.11. The van der Waals surface area contributed by atoms with E-state index in [1.165, 1.54) is 24.3 Å². The highest BCUT2D eigenvalue weighted by Gasteiger charge is 2.30. The van der Waals surface area contributed by atoms with Gasteiger partial charge in [0.05, 0.1) is 10.8 Å². The van der Waals surface area contributed by atoms with Crippen molar-refractivity contribution in [2.24, 2.45) is 5.92 Å². The first-order valence-electron chi connectivity index (χ1n) is 8.09. The van der Waals surface area contributed by atoms with Crippen molar-refractivity contribution in [3.63, 3.8) is 0 Å². The van der Waals surface area contributed by atoms with Crippen molar-refractivity contribution in [1.29, 1.82) is 0 Å². The molecule has 128 valence electrons. The van der Waals surface area contributed by atoms with Crippen molar-refractivity contribution in [3.05, 3.63) is 39.9 Å². The second kappa shape index (κ2) is 6.96. The number of benzene rings is 1. The van der Waals surface area contributed by atoms with E-state index in [4.69, 9.17) is 0 Å². The largest absolute Gasteiger partial charge is 0.339 e. The van der Waals surface area contributed by atoms with Crippen molar-refractivity contribution in [3.8, 4) is 0 Å². The van der Waals surface area contributed by atoms with Crippen LogP contribution in [0.4, 0.5) is 5.69 Å². The van der Waals surface area contributed by atoms with Crippen LogP contribution < -0.4 is 5.32 Å². The molecule has 0 aliphatic carbocycles. The minimum Gasteiger partial charge on any atom is -0.339 e. The van der Waals surface area contributed by atoms with E-state index in [0.717, 1.165) is 19.5 Å². The van der Waals surface area contributed by atoms with Gasteiger partial charge in [0.1, 0.15) is 0 Å². The summed E-state index contributed by atoms with van der Waals surface area (Å²) in [5.74, 6) is 0.0730. The Balaban J connectivity index is 1.56. The van der Waals surface area contributed by atoms with Gasteiger partial charge in [-0.1, -0.05) is 0 Å². The third kappa shape index (κ3) is 3.38. The fraction of sp³-hybridized carbons (Fsp3) is 0.500.